The predicted molar refractivity (Wildman–Crippen MR) is 106 cm³/mol. The molecule has 0 fully saturated rings. The molecule has 0 aliphatic carbocycles. The average Bonchev–Trinajstić information content (AvgIpc) is 3.27. The minimum atomic E-state index is -0.973. The van der Waals surface area contributed by atoms with E-state index in [0.717, 1.165) is 22.5 Å². The lowest BCUT2D eigenvalue weighted by atomic mass is 10.1. The molecule has 0 atom stereocenters. The van der Waals surface area contributed by atoms with Crippen LogP contribution >= 0.6 is 11.3 Å². The molecule has 1 N–H and O–H groups in total. The van der Waals surface area contributed by atoms with Gasteiger partial charge in [0.25, 0.3) is 0 Å². The van der Waals surface area contributed by atoms with E-state index in [1.54, 1.807) is 20.1 Å². The second kappa shape index (κ2) is 8.53. The molecular formula is C20H22N2O5S. The van der Waals surface area contributed by atoms with Crippen LogP contribution in [0.1, 0.15) is 35.0 Å². The molecule has 28 heavy (non-hydrogen) atoms. The first-order chi connectivity index (χ1) is 13.4. The highest BCUT2D eigenvalue weighted by atomic mass is 32.1. The number of ether oxygens (including phenoxy) is 2. The SMILES string of the molecule is COCc1cc(-c2cc(-c3nc(C)c(C(=O)O)s3)ccc2OCC(C)C)no1. The zero-order valence-electron chi connectivity index (χ0n) is 16.2. The lowest BCUT2D eigenvalue weighted by Gasteiger charge is -2.13. The molecule has 0 spiro atoms. The van der Waals surface area contributed by atoms with Crippen molar-refractivity contribution in [1.29, 1.82) is 0 Å². The summed E-state index contributed by atoms with van der Waals surface area (Å²) in [5, 5.41) is 14.1. The van der Waals surface area contributed by atoms with Crippen molar-refractivity contribution in [2.75, 3.05) is 13.7 Å². The number of carbonyl (C=O) groups is 1. The quantitative estimate of drug-likeness (QED) is 0.586. The van der Waals surface area contributed by atoms with Crippen molar-refractivity contribution in [1.82, 2.24) is 10.1 Å². The molecule has 0 saturated carbocycles. The zero-order valence-corrected chi connectivity index (χ0v) is 17.0. The van der Waals surface area contributed by atoms with Crippen molar-refractivity contribution < 1.29 is 23.9 Å². The van der Waals surface area contributed by atoms with Crippen LogP contribution in [0, 0.1) is 12.8 Å². The van der Waals surface area contributed by atoms with Gasteiger partial charge >= 0.3 is 5.97 Å². The highest BCUT2D eigenvalue weighted by Crippen LogP contribution is 2.36. The van der Waals surface area contributed by atoms with Gasteiger partial charge in [-0.3, -0.25) is 0 Å². The Morgan fingerprint density at radius 3 is 2.75 bits per heavy atom. The summed E-state index contributed by atoms with van der Waals surface area (Å²) in [6, 6.07) is 7.43. The molecule has 0 bridgehead atoms. The van der Waals surface area contributed by atoms with E-state index in [1.165, 1.54) is 0 Å². The number of carboxylic acids is 1. The summed E-state index contributed by atoms with van der Waals surface area (Å²) in [5.74, 6) is 0.685. The number of hydrogen-bond donors (Lipinski definition) is 1. The average molecular weight is 402 g/mol. The Labute approximate surface area is 166 Å². The summed E-state index contributed by atoms with van der Waals surface area (Å²) in [4.78, 5) is 16.0. The Hall–Kier alpha value is -2.71. The van der Waals surface area contributed by atoms with Crippen LogP contribution in [-0.4, -0.2) is 34.9 Å². The second-order valence-electron chi connectivity index (χ2n) is 6.77. The number of benzene rings is 1. The Kier molecular flexibility index (Phi) is 6.11. The molecule has 0 saturated heterocycles. The van der Waals surface area contributed by atoms with Crippen molar-refractivity contribution >= 4 is 17.3 Å². The van der Waals surface area contributed by atoms with E-state index in [9.17, 15) is 9.90 Å². The van der Waals surface area contributed by atoms with Crippen LogP contribution in [0.5, 0.6) is 5.75 Å². The third-order valence-corrected chi connectivity index (χ3v) is 5.11. The van der Waals surface area contributed by atoms with Gasteiger partial charge in [-0.15, -0.1) is 11.3 Å². The summed E-state index contributed by atoms with van der Waals surface area (Å²) >= 11 is 1.15. The fraction of sp³-hybridized carbons (Fsp3) is 0.350. The lowest BCUT2D eigenvalue weighted by Crippen LogP contribution is -2.05. The molecule has 7 nitrogen and oxygen atoms in total. The first-order valence-electron chi connectivity index (χ1n) is 8.82. The van der Waals surface area contributed by atoms with Crippen molar-refractivity contribution in [2.45, 2.75) is 27.4 Å². The van der Waals surface area contributed by atoms with Crippen LogP contribution in [0.4, 0.5) is 0 Å². The number of aromatic carboxylic acids is 1. The van der Waals surface area contributed by atoms with Gasteiger partial charge in [-0.25, -0.2) is 9.78 Å². The molecule has 0 unspecified atom stereocenters. The fourth-order valence-corrected chi connectivity index (χ4v) is 3.52. The molecule has 0 amide bonds. The molecule has 2 heterocycles. The summed E-state index contributed by atoms with van der Waals surface area (Å²) in [7, 11) is 1.59. The predicted octanol–water partition coefficient (Wildman–Crippen LogP) is 4.65. The number of aromatic nitrogens is 2. The number of aryl methyl sites for hydroxylation is 1. The molecule has 0 radical (unpaired) electrons. The van der Waals surface area contributed by atoms with Gasteiger partial charge in [0.2, 0.25) is 0 Å². The molecule has 0 aliphatic heterocycles. The first-order valence-corrected chi connectivity index (χ1v) is 9.63. The second-order valence-corrected chi connectivity index (χ2v) is 7.77. The van der Waals surface area contributed by atoms with Crippen LogP contribution in [0.25, 0.3) is 21.8 Å². The maximum Gasteiger partial charge on any atom is 0.347 e. The summed E-state index contributed by atoms with van der Waals surface area (Å²) in [5.41, 5.74) is 2.68. The van der Waals surface area contributed by atoms with Crippen molar-refractivity contribution in [3.63, 3.8) is 0 Å². The Morgan fingerprint density at radius 2 is 2.11 bits per heavy atom. The number of rotatable bonds is 8. The third-order valence-electron chi connectivity index (χ3n) is 3.91. The smallest absolute Gasteiger partial charge is 0.347 e. The molecule has 3 aromatic rings. The van der Waals surface area contributed by atoms with Gasteiger partial charge in [-0.2, -0.15) is 0 Å². The maximum absolute atomic E-state index is 11.3. The van der Waals surface area contributed by atoms with E-state index in [4.69, 9.17) is 14.0 Å². The minimum Gasteiger partial charge on any atom is -0.493 e. The summed E-state index contributed by atoms with van der Waals surface area (Å²) in [6.07, 6.45) is 0. The van der Waals surface area contributed by atoms with Gasteiger partial charge in [0.15, 0.2) is 5.76 Å². The molecule has 8 heteroatoms. The van der Waals surface area contributed by atoms with Gasteiger partial charge in [0.1, 0.15) is 27.9 Å². The highest BCUT2D eigenvalue weighted by molar-refractivity contribution is 7.17. The minimum absolute atomic E-state index is 0.237. The fourth-order valence-electron chi connectivity index (χ4n) is 2.61. The molecule has 2 aromatic heterocycles. The number of hydrogen-bond acceptors (Lipinski definition) is 7. The van der Waals surface area contributed by atoms with Crippen LogP contribution in [0.3, 0.4) is 0 Å². The molecule has 1 aromatic carbocycles. The van der Waals surface area contributed by atoms with Crippen molar-refractivity contribution in [3.05, 3.63) is 40.6 Å². The summed E-state index contributed by atoms with van der Waals surface area (Å²) in [6.45, 7) is 6.73. The van der Waals surface area contributed by atoms with Crippen LogP contribution < -0.4 is 4.74 Å². The summed E-state index contributed by atoms with van der Waals surface area (Å²) < 4.78 is 16.4. The number of methoxy groups -OCH3 is 1. The number of carboxylic acid groups (broad SMARTS) is 1. The molecule has 148 valence electrons. The Morgan fingerprint density at radius 1 is 1.32 bits per heavy atom. The standard InChI is InChI=1S/C20H22N2O5S/c1-11(2)9-26-17-6-5-13(19-21-12(3)18(28-19)20(23)24)7-15(17)16-8-14(10-25-4)27-22-16/h5-8,11H,9-10H2,1-4H3,(H,23,24). The van der Waals surface area contributed by atoms with E-state index >= 15 is 0 Å². The number of thiazole rings is 1. The maximum atomic E-state index is 11.3. The van der Waals surface area contributed by atoms with E-state index in [-0.39, 0.29) is 4.88 Å². The van der Waals surface area contributed by atoms with Gasteiger partial charge in [0.05, 0.1) is 12.3 Å². The van der Waals surface area contributed by atoms with E-state index in [2.05, 4.69) is 24.0 Å². The zero-order chi connectivity index (χ0) is 20.3. The lowest BCUT2D eigenvalue weighted by molar-refractivity contribution is 0.0701. The van der Waals surface area contributed by atoms with Gasteiger partial charge < -0.3 is 19.1 Å². The van der Waals surface area contributed by atoms with Gasteiger partial charge in [-0.1, -0.05) is 19.0 Å². The third kappa shape index (κ3) is 4.40. The Balaban J connectivity index is 2.03. The number of nitrogens with zero attached hydrogens (tertiary/aromatic N) is 2. The van der Waals surface area contributed by atoms with Crippen LogP contribution in [-0.2, 0) is 11.3 Å². The molecule has 3 rings (SSSR count). The van der Waals surface area contributed by atoms with Gasteiger partial charge in [-0.05, 0) is 31.0 Å². The largest absolute Gasteiger partial charge is 0.493 e. The van der Waals surface area contributed by atoms with E-state index in [1.807, 2.05) is 18.2 Å². The normalized spacial score (nSPS) is 11.2. The van der Waals surface area contributed by atoms with E-state index < -0.39 is 5.97 Å². The highest BCUT2D eigenvalue weighted by Gasteiger charge is 2.18. The van der Waals surface area contributed by atoms with Crippen LogP contribution in [0.2, 0.25) is 0 Å². The van der Waals surface area contributed by atoms with Crippen molar-refractivity contribution in [2.24, 2.45) is 5.92 Å². The molecular weight excluding hydrogens is 380 g/mol. The van der Waals surface area contributed by atoms with Crippen LogP contribution in [0.15, 0.2) is 28.8 Å². The topological polar surface area (TPSA) is 94.7 Å². The van der Waals surface area contributed by atoms with Crippen molar-refractivity contribution in [3.8, 4) is 27.6 Å². The Bertz CT molecular complexity index is 977. The first kappa shape index (κ1) is 20.0. The molecule has 0 aliphatic rings. The monoisotopic (exact) mass is 402 g/mol. The van der Waals surface area contributed by atoms with E-state index in [0.29, 0.717) is 47.0 Å². The van der Waals surface area contributed by atoms with Gasteiger partial charge in [0, 0.05) is 24.3 Å².